The van der Waals surface area contributed by atoms with E-state index in [-0.39, 0.29) is 18.0 Å². The van der Waals surface area contributed by atoms with Crippen LogP contribution in [0.5, 0.6) is 0 Å². The van der Waals surface area contributed by atoms with Gasteiger partial charge < -0.3 is 9.47 Å². The maximum atomic E-state index is 13.0. The summed E-state index contributed by atoms with van der Waals surface area (Å²) in [6.45, 7) is 5.20. The van der Waals surface area contributed by atoms with Gasteiger partial charge in [0.05, 0.1) is 6.04 Å². The molecule has 1 saturated heterocycles. The molecule has 24 heavy (non-hydrogen) atoms. The normalized spacial score (nSPS) is 22.5. The van der Waals surface area contributed by atoms with Crippen LogP contribution in [0.4, 0.5) is 0 Å². The van der Waals surface area contributed by atoms with Gasteiger partial charge in [-0.1, -0.05) is 19.9 Å². The summed E-state index contributed by atoms with van der Waals surface area (Å²) >= 11 is 0. The maximum absolute atomic E-state index is 13.0. The Labute approximate surface area is 141 Å². The zero-order chi connectivity index (χ0) is 16.7. The summed E-state index contributed by atoms with van der Waals surface area (Å²) in [5.74, 6) is 2.67. The monoisotopic (exact) mass is 325 g/mol. The molecule has 0 N–H and O–H groups in total. The summed E-state index contributed by atoms with van der Waals surface area (Å²) in [7, 11) is 0. The number of aromatic nitrogens is 4. The van der Waals surface area contributed by atoms with Gasteiger partial charge in [0.1, 0.15) is 17.3 Å². The maximum Gasteiger partial charge on any atom is 0.273 e. The first-order valence-corrected chi connectivity index (χ1v) is 8.78. The van der Waals surface area contributed by atoms with Gasteiger partial charge in [0.2, 0.25) is 0 Å². The Kier molecular flexibility index (Phi) is 3.82. The van der Waals surface area contributed by atoms with E-state index in [1.165, 1.54) is 0 Å². The quantitative estimate of drug-likeness (QED) is 0.867. The lowest BCUT2D eigenvalue weighted by Gasteiger charge is -2.27. The highest BCUT2D eigenvalue weighted by molar-refractivity contribution is 5.93. The molecule has 0 spiro atoms. The fourth-order valence-corrected chi connectivity index (χ4v) is 3.97. The van der Waals surface area contributed by atoms with Crippen molar-refractivity contribution in [3.05, 3.63) is 41.7 Å². The predicted octanol–water partition coefficient (Wildman–Crippen LogP) is 2.10. The molecule has 0 saturated carbocycles. The van der Waals surface area contributed by atoms with Crippen LogP contribution in [0, 0.1) is 5.92 Å². The van der Waals surface area contributed by atoms with Gasteiger partial charge in [0.25, 0.3) is 5.91 Å². The lowest BCUT2D eigenvalue weighted by atomic mass is 10.1. The van der Waals surface area contributed by atoms with Crippen molar-refractivity contribution in [2.24, 2.45) is 5.92 Å². The third kappa shape index (κ3) is 2.60. The molecule has 6 heteroatoms. The fourth-order valence-electron chi connectivity index (χ4n) is 3.97. The second-order valence-electron chi connectivity index (χ2n) is 7.26. The van der Waals surface area contributed by atoms with Gasteiger partial charge in [-0.3, -0.25) is 9.78 Å². The van der Waals surface area contributed by atoms with Crippen LogP contribution in [0.15, 0.2) is 24.4 Å². The molecule has 0 aromatic carbocycles. The predicted molar refractivity (Wildman–Crippen MR) is 89.5 cm³/mol. The Balaban J connectivity index is 1.63. The highest BCUT2D eigenvalue weighted by atomic mass is 16.2. The Morgan fingerprint density at radius 2 is 2.08 bits per heavy atom. The van der Waals surface area contributed by atoms with Crippen LogP contribution in [0.1, 0.15) is 48.8 Å². The number of pyridine rings is 1. The molecule has 6 nitrogen and oxygen atoms in total. The van der Waals surface area contributed by atoms with E-state index in [1.54, 1.807) is 12.3 Å². The molecule has 4 rings (SSSR count). The number of hydrogen-bond donors (Lipinski definition) is 0. The minimum atomic E-state index is 0.0484. The number of rotatable bonds is 3. The molecule has 2 aromatic rings. The van der Waals surface area contributed by atoms with E-state index < -0.39 is 0 Å². The molecule has 126 valence electrons. The van der Waals surface area contributed by atoms with Crippen molar-refractivity contribution >= 4 is 5.91 Å². The average Bonchev–Trinajstić information content (AvgIpc) is 3.07. The minimum Gasteiger partial charge on any atom is -0.329 e. The van der Waals surface area contributed by atoms with Crippen molar-refractivity contribution in [1.82, 2.24) is 24.6 Å². The number of hydrogen-bond acceptors (Lipinski definition) is 4. The first-order chi connectivity index (χ1) is 11.6. The summed E-state index contributed by atoms with van der Waals surface area (Å²) in [5, 5.41) is 8.82. The van der Waals surface area contributed by atoms with E-state index in [0.29, 0.717) is 11.6 Å². The van der Waals surface area contributed by atoms with Crippen LogP contribution in [0.2, 0.25) is 0 Å². The molecule has 1 fully saturated rings. The standard InChI is InChI=1S/C18H23N5O/c1-12(2)9-16-20-21-17-10-13-6-7-14(11-22(16)17)23(13)18(24)15-5-3-4-8-19-15/h3-5,8,12-14H,6-7,9-11H2,1-2H3. The zero-order valence-corrected chi connectivity index (χ0v) is 14.2. The van der Waals surface area contributed by atoms with E-state index in [1.807, 2.05) is 12.1 Å². The van der Waals surface area contributed by atoms with Crippen molar-refractivity contribution in [2.45, 2.75) is 58.2 Å². The van der Waals surface area contributed by atoms with Crippen LogP contribution < -0.4 is 0 Å². The SMILES string of the molecule is CC(C)Cc1nnc2n1CC1CCC(C2)N1C(=O)c1ccccn1. The minimum absolute atomic E-state index is 0.0484. The highest BCUT2D eigenvalue weighted by Gasteiger charge is 2.41. The first-order valence-electron chi connectivity index (χ1n) is 8.78. The van der Waals surface area contributed by atoms with Crippen molar-refractivity contribution in [3.8, 4) is 0 Å². The van der Waals surface area contributed by atoms with Crippen LogP contribution in [-0.4, -0.2) is 42.6 Å². The molecule has 4 heterocycles. The summed E-state index contributed by atoms with van der Waals surface area (Å²) in [5.41, 5.74) is 0.537. The van der Waals surface area contributed by atoms with Gasteiger partial charge in [0.15, 0.2) is 0 Å². The smallest absolute Gasteiger partial charge is 0.273 e. The van der Waals surface area contributed by atoms with Gasteiger partial charge in [0, 0.05) is 31.6 Å². The van der Waals surface area contributed by atoms with Crippen molar-refractivity contribution < 1.29 is 4.79 Å². The first kappa shape index (κ1) is 15.3. The van der Waals surface area contributed by atoms with Gasteiger partial charge in [-0.05, 0) is 30.9 Å². The third-order valence-corrected chi connectivity index (χ3v) is 5.04. The third-order valence-electron chi connectivity index (χ3n) is 5.04. The Morgan fingerprint density at radius 1 is 1.25 bits per heavy atom. The molecular formula is C18H23N5O. The molecule has 2 aromatic heterocycles. The van der Waals surface area contributed by atoms with Crippen molar-refractivity contribution in [1.29, 1.82) is 0 Å². The van der Waals surface area contributed by atoms with Crippen LogP contribution in [-0.2, 0) is 19.4 Å². The Morgan fingerprint density at radius 3 is 2.83 bits per heavy atom. The van der Waals surface area contributed by atoms with E-state index >= 15 is 0 Å². The van der Waals surface area contributed by atoms with Crippen LogP contribution >= 0.6 is 0 Å². The number of nitrogens with zero attached hydrogens (tertiary/aromatic N) is 5. The van der Waals surface area contributed by atoms with Gasteiger partial charge in [-0.25, -0.2) is 0 Å². The van der Waals surface area contributed by atoms with Gasteiger partial charge in [-0.2, -0.15) is 0 Å². The zero-order valence-electron chi connectivity index (χ0n) is 14.2. The molecule has 2 unspecified atom stereocenters. The lowest BCUT2D eigenvalue weighted by molar-refractivity contribution is 0.0659. The largest absolute Gasteiger partial charge is 0.329 e. The summed E-state index contributed by atoms with van der Waals surface area (Å²) in [6.07, 6.45) is 5.49. The second-order valence-corrected chi connectivity index (χ2v) is 7.26. The molecule has 2 aliphatic rings. The van der Waals surface area contributed by atoms with Crippen LogP contribution in [0.3, 0.4) is 0 Å². The second kappa shape index (κ2) is 6.00. The number of fused-ring (bicyclic) bond motifs is 3. The van der Waals surface area contributed by atoms with Gasteiger partial charge in [-0.15, -0.1) is 10.2 Å². The molecular weight excluding hydrogens is 302 g/mol. The van der Waals surface area contributed by atoms with E-state index in [2.05, 4.69) is 38.5 Å². The molecule has 0 aliphatic carbocycles. The fraction of sp³-hybridized carbons (Fsp3) is 0.556. The topological polar surface area (TPSA) is 63.9 Å². The lowest BCUT2D eigenvalue weighted by Crippen LogP contribution is -2.42. The number of carbonyl (C=O) groups is 1. The summed E-state index contributed by atoms with van der Waals surface area (Å²) in [6, 6.07) is 5.94. The Hall–Kier alpha value is -2.24. The molecule has 1 amide bonds. The van der Waals surface area contributed by atoms with Crippen LogP contribution in [0.25, 0.3) is 0 Å². The molecule has 0 radical (unpaired) electrons. The van der Waals surface area contributed by atoms with E-state index in [9.17, 15) is 4.79 Å². The van der Waals surface area contributed by atoms with Gasteiger partial charge >= 0.3 is 0 Å². The Bertz CT molecular complexity index is 739. The highest BCUT2D eigenvalue weighted by Crippen LogP contribution is 2.32. The number of carbonyl (C=O) groups excluding carboxylic acids is 1. The molecule has 2 aliphatic heterocycles. The van der Waals surface area contributed by atoms with E-state index in [4.69, 9.17) is 0 Å². The van der Waals surface area contributed by atoms with Crippen molar-refractivity contribution in [3.63, 3.8) is 0 Å². The summed E-state index contributed by atoms with van der Waals surface area (Å²) in [4.78, 5) is 19.3. The van der Waals surface area contributed by atoms with E-state index in [0.717, 1.165) is 43.9 Å². The van der Waals surface area contributed by atoms with Crippen molar-refractivity contribution in [2.75, 3.05) is 0 Å². The molecule has 2 bridgehead atoms. The number of amides is 1. The molecule has 2 atom stereocenters. The summed E-state index contributed by atoms with van der Waals surface area (Å²) < 4.78 is 2.25. The average molecular weight is 325 g/mol.